The molecule has 0 aliphatic rings. The zero-order valence-electron chi connectivity index (χ0n) is 22.7. The van der Waals surface area contributed by atoms with Crippen molar-refractivity contribution in [3.05, 3.63) is 77.9 Å². The van der Waals surface area contributed by atoms with E-state index in [2.05, 4.69) is 32.7 Å². The van der Waals surface area contributed by atoms with E-state index in [4.69, 9.17) is 0 Å². The molecule has 0 saturated carbocycles. The summed E-state index contributed by atoms with van der Waals surface area (Å²) in [5.74, 6) is -3.17. The van der Waals surface area contributed by atoms with E-state index >= 15 is 0 Å². The third-order valence-electron chi connectivity index (χ3n) is 6.59. The highest BCUT2D eigenvalue weighted by Gasteiger charge is 2.35. The second kappa shape index (κ2) is 13.2. The minimum absolute atomic E-state index is 0.0669. The number of benzene rings is 2. The van der Waals surface area contributed by atoms with Gasteiger partial charge in [0.2, 0.25) is 5.91 Å². The molecule has 6 nitrogen and oxygen atoms in total. The van der Waals surface area contributed by atoms with Gasteiger partial charge in [-0.25, -0.2) is 0 Å². The first-order valence-electron chi connectivity index (χ1n) is 12.9. The Bertz CT molecular complexity index is 1060. The van der Waals surface area contributed by atoms with Crippen LogP contribution in [0.25, 0.3) is 0 Å². The first-order chi connectivity index (χ1) is 17.3. The molecule has 0 unspecified atom stereocenters. The van der Waals surface area contributed by atoms with E-state index in [-0.39, 0.29) is 29.3 Å². The van der Waals surface area contributed by atoms with Gasteiger partial charge in [-0.3, -0.25) is 14.4 Å². The number of amides is 1. The molecule has 0 fully saturated rings. The fourth-order valence-electron chi connectivity index (χ4n) is 4.45. The molecule has 0 radical (unpaired) electrons. The summed E-state index contributed by atoms with van der Waals surface area (Å²) in [6.45, 7) is 13.9. The van der Waals surface area contributed by atoms with E-state index in [0.717, 1.165) is 11.1 Å². The lowest BCUT2D eigenvalue weighted by Crippen LogP contribution is -2.47. The minimum atomic E-state index is -1.03. The van der Waals surface area contributed by atoms with E-state index in [9.17, 15) is 24.6 Å². The highest BCUT2D eigenvalue weighted by molar-refractivity contribution is 6.02. The summed E-state index contributed by atoms with van der Waals surface area (Å²) in [6, 6.07) is 13.0. The van der Waals surface area contributed by atoms with Gasteiger partial charge >= 0.3 is 5.97 Å². The number of ketones is 1. The first kappa shape index (κ1) is 29.8. The standard InChI is InChI=1S/C31H41NO5/c1-7-8-9-25(30(36)37)26(18-20(2)3)29(35)32-27(19-21-10-16-24(33)17-11-21)28(34)22-12-14-23(15-13-22)31(4,5)6/h7,10-17,20,25-27,33H,1,8-9,18-19H2,2-6H3,(H,32,35)(H,36,37)/t25-,26+,27-/m0/s1. The number of carboxylic acids is 1. The summed E-state index contributed by atoms with van der Waals surface area (Å²) >= 11 is 0. The lowest BCUT2D eigenvalue weighted by Gasteiger charge is -2.27. The van der Waals surface area contributed by atoms with Gasteiger partial charge in [-0.1, -0.05) is 77.1 Å². The molecule has 2 aromatic rings. The van der Waals surface area contributed by atoms with Gasteiger partial charge in [0.25, 0.3) is 0 Å². The molecule has 3 N–H and O–H groups in total. The highest BCUT2D eigenvalue weighted by atomic mass is 16.4. The van der Waals surface area contributed by atoms with Crippen LogP contribution in [0.3, 0.4) is 0 Å². The van der Waals surface area contributed by atoms with Crippen molar-refractivity contribution in [2.24, 2.45) is 17.8 Å². The van der Waals surface area contributed by atoms with E-state index in [1.807, 2.05) is 26.0 Å². The van der Waals surface area contributed by atoms with Crippen LogP contribution in [0.2, 0.25) is 0 Å². The Morgan fingerprint density at radius 3 is 2.05 bits per heavy atom. The second-order valence-corrected chi connectivity index (χ2v) is 11.2. The maximum absolute atomic E-state index is 13.6. The van der Waals surface area contributed by atoms with Crippen molar-refractivity contribution >= 4 is 17.7 Å². The smallest absolute Gasteiger partial charge is 0.307 e. The third-order valence-corrected chi connectivity index (χ3v) is 6.59. The van der Waals surface area contributed by atoms with Gasteiger partial charge in [0, 0.05) is 12.0 Å². The molecule has 1 amide bonds. The monoisotopic (exact) mass is 507 g/mol. The van der Waals surface area contributed by atoms with E-state index in [1.54, 1.807) is 30.3 Å². The quantitative estimate of drug-likeness (QED) is 0.230. The largest absolute Gasteiger partial charge is 0.508 e. The summed E-state index contributed by atoms with van der Waals surface area (Å²) < 4.78 is 0. The Balaban J connectivity index is 2.40. The number of aromatic hydroxyl groups is 1. The van der Waals surface area contributed by atoms with Crippen LogP contribution in [0.1, 0.15) is 75.4 Å². The number of hydrogen-bond donors (Lipinski definition) is 3. The van der Waals surface area contributed by atoms with Gasteiger partial charge in [0.05, 0.1) is 17.9 Å². The molecule has 0 bridgehead atoms. The van der Waals surface area contributed by atoms with Crippen LogP contribution in [0.4, 0.5) is 0 Å². The molecule has 0 heterocycles. The molecular weight excluding hydrogens is 466 g/mol. The fourth-order valence-corrected chi connectivity index (χ4v) is 4.45. The van der Waals surface area contributed by atoms with Crippen LogP contribution in [0, 0.1) is 17.8 Å². The molecule has 37 heavy (non-hydrogen) atoms. The van der Waals surface area contributed by atoms with Gasteiger partial charge in [-0.15, -0.1) is 6.58 Å². The van der Waals surface area contributed by atoms with Crippen LogP contribution in [-0.4, -0.2) is 33.9 Å². The number of rotatable bonds is 13. The number of nitrogens with one attached hydrogen (secondary N) is 1. The Morgan fingerprint density at radius 2 is 1.57 bits per heavy atom. The molecule has 0 aromatic heterocycles. The van der Waals surface area contributed by atoms with Crippen molar-refractivity contribution in [2.45, 2.75) is 71.8 Å². The number of phenols is 1. The number of hydrogen-bond acceptors (Lipinski definition) is 4. The Kier molecular flexibility index (Phi) is 10.7. The zero-order chi connectivity index (χ0) is 27.8. The van der Waals surface area contributed by atoms with Crippen LogP contribution in [0.15, 0.2) is 61.2 Å². The molecule has 2 rings (SSSR count). The van der Waals surface area contributed by atoms with E-state index in [0.29, 0.717) is 24.8 Å². The first-order valence-corrected chi connectivity index (χ1v) is 12.9. The average Bonchev–Trinajstić information content (AvgIpc) is 2.83. The van der Waals surface area contributed by atoms with Crippen molar-refractivity contribution < 1.29 is 24.6 Å². The summed E-state index contributed by atoms with van der Waals surface area (Å²) in [7, 11) is 0. The van der Waals surface area contributed by atoms with Gasteiger partial charge in [-0.2, -0.15) is 0 Å². The lowest BCUT2D eigenvalue weighted by atomic mass is 9.81. The van der Waals surface area contributed by atoms with Gasteiger partial charge in [-0.05, 0) is 53.9 Å². The molecule has 0 spiro atoms. The summed E-state index contributed by atoms with van der Waals surface area (Å²) in [4.78, 5) is 39.3. The predicted molar refractivity (Wildman–Crippen MR) is 147 cm³/mol. The number of carbonyl (C=O) groups excluding carboxylic acids is 2. The maximum atomic E-state index is 13.6. The van der Waals surface area contributed by atoms with E-state index < -0.39 is 29.8 Å². The molecule has 0 aliphatic heterocycles. The molecule has 3 atom stereocenters. The number of allylic oxidation sites excluding steroid dienone is 1. The van der Waals surface area contributed by atoms with Crippen LogP contribution in [0.5, 0.6) is 5.75 Å². The Hall–Kier alpha value is -3.41. The van der Waals surface area contributed by atoms with Gasteiger partial charge in [0.1, 0.15) is 5.75 Å². The highest BCUT2D eigenvalue weighted by Crippen LogP contribution is 2.27. The molecule has 2 aromatic carbocycles. The van der Waals surface area contributed by atoms with Crippen molar-refractivity contribution in [3.8, 4) is 5.75 Å². The van der Waals surface area contributed by atoms with Crippen LogP contribution < -0.4 is 5.32 Å². The van der Waals surface area contributed by atoms with Crippen molar-refractivity contribution in [1.29, 1.82) is 0 Å². The average molecular weight is 508 g/mol. The Labute approximate surface area is 220 Å². The maximum Gasteiger partial charge on any atom is 0.307 e. The van der Waals surface area contributed by atoms with Crippen LogP contribution >= 0.6 is 0 Å². The SMILES string of the molecule is C=CCC[C@H](C(=O)O)[C@@H](CC(C)C)C(=O)N[C@@H](Cc1ccc(O)cc1)C(=O)c1ccc(C(C)(C)C)cc1. The molecule has 0 aliphatic carbocycles. The molecule has 200 valence electrons. The van der Waals surface area contributed by atoms with Crippen molar-refractivity contribution in [2.75, 3.05) is 0 Å². The molecule has 6 heteroatoms. The van der Waals surface area contributed by atoms with Crippen molar-refractivity contribution in [3.63, 3.8) is 0 Å². The van der Waals surface area contributed by atoms with Gasteiger partial charge < -0.3 is 15.5 Å². The zero-order valence-corrected chi connectivity index (χ0v) is 22.7. The van der Waals surface area contributed by atoms with E-state index in [1.165, 1.54) is 12.1 Å². The van der Waals surface area contributed by atoms with Gasteiger partial charge in [0.15, 0.2) is 5.78 Å². The summed E-state index contributed by atoms with van der Waals surface area (Å²) in [6.07, 6.45) is 3.03. The number of aliphatic carboxylic acids is 1. The second-order valence-electron chi connectivity index (χ2n) is 11.2. The van der Waals surface area contributed by atoms with Crippen LogP contribution in [-0.2, 0) is 21.4 Å². The summed E-state index contributed by atoms with van der Waals surface area (Å²) in [5, 5.41) is 22.5. The normalized spacial score (nSPS) is 14.0. The molecular formula is C31H41NO5. The number of phenolic OH excluding ortho intramolecular Hbond substituents is 1. The third kappa shape index (κ3) is 8.88. The number of carboxylic acid groups (broad SMARTS) is 1. The van der Waals surface area contributed by atoms with Crippen molar-refractivity contribution in [1.82, 2.24) is 5.32 Å². The topological polar surface area (TPSA) is 104 Å². The Morgan fingerprint density at radius 1 is 0.973 bits per heavy atom. The summed E-state index contributed by atoms with van der Waals surface area (Å²) in [5.41, 5.74) is 2.26. The fraction of sp³-hybridized carbons (Fsp3) is 0.452. The lowest BCUT2D eigenvalue weighted by molar-refractivity contribution is -0.148. The number of carbonyl (C=O) groups is 3. The predicted octanol–water partition coefficient (Wildman–Crippen LogP) is 5.93. The minimum Gasteiger partial charge on any atom is -0.508 e. The number of Topliss-reactive ketones (excluding diaryl/α,β-unsaturated/α-hetero) is 1. The molecule has 0 saturated heterocycles.